The molecule has 0 fully saturated rings. The van der Waals surface area contributed by atoms with Gasteiger partial charge in [-0.25, -0.2) is 0 Å². The Hall–Kier alpha value is -2.71. The Kier molecular flexibility index (Phi) is 11.6. The van der Waals surface area contributed by atoms with Crippen LogP contribution in [-0.2, 0) is 17.8 Å². The molecule has 1 heterocycles. The molecule has 0 radical (unpaired) electrons. The summed E-state index contributed by atoms with van der Waals surface area (Å²) >= 11 is 12.1. The topological polar surface area (TPSA) is 79.8 Å². The number of carbonyl (C=O) groups excluding carboxylic acids is 1. The molecule has 0 saturated carbocycles. The first-order chi connectivity index (χ1) is 19.9. The Labute approximate surface area is 278 Å². The minimum atomic E-state index is -1.14. The van der Waals surface area contributed by atoms with Crippen molar-refractivity contribution in [3.05, 3.63) is 123 Å². The van der Waals surface area contributed by atoms with Crippen LogP contribution in [0.2, 0.25) is 10.0 Å². The van der Waals surface area contributed by atoms with E-state index < -0.39 is 12.0 Å². The van der Waals surface area contributed by atoms with Crippen LogP contribution < -0.4 is 54.2 Å². The zero-order valence-electron chi connectivity index (χ0n) is 23.5. The number of nitrogens with one attached hydrogen (secondary N) is 1. The van der Waals surface area contributed by atoms with E-state index in [0.29, 0.717) is 34.8 Å². The number of benzene rings is 4. The molecule has 4 aromatic carbocycles. The number of carboxylic acids is 1. The van der Waals surface area contributed by atoms with Gasteiger partial charge in [-0.05, 0) is 71.5 Å². The quantitative estimate of drug-likeness (QED) is 0.261. The second kappa shape index (κ2) is 15.1. The van der Waals surface area contributed by atoms with Crippen molar-refractivity contribution in [2.24, 2.45) is 0 Å². The first-order valence-corrected chi connectivity index (χ1v) is 14.3. The summed E-state index contributed by atoms with van der Waals surface area (Å²) in [5, 5.41) is 16.2. The van der Waals surface area contributed by atoms with E-state index in [1.54, 1.807) is 12.1 Å². The van der Waals surface area contributed by atoms with Crippen molar-refractivity contribution in [1.82, 2.24) is 5.32 Å². The molecule has 0 aromatic heterocycles. The van der Waals surface area contributed by atoms with Crippen molar-refractivity contribution in [2.75, 3.05) is 6.61 Å². The number of hydrogen-bond donors (Lipinski definition) is 1. The summed E-state index contributed by atoms with van der Waals surface area (Å²) in [6.07, 6.45) is 0.724. The molecule has 42 heavy (non-hydrogen) atoms. The summed E-state index contributed by atoms with van der Waals surface area (Å²) in [5.74, 6) is 0.778. The molecule has 6 nitrogen and oxygen atoms in total. The summed E-state index contributed by atoms with van der Waals surface area (Å²) in [6, 6.07) is 27.5. The Bertz CT molecular complexity index is 1490. The zero-order valence-corrected chi connectivity index (χ0v) is 27.0. The molecule has 1 aliphatic heterocycles. The van der Waals surface area contributed by atoms with Crippen LogP contribution in [0.15, 0.2) is 91.0 Å². The Balaban J connectivity index is 0.00000405. The Morgan fingerprint density at radius 2 is 1.69 bits per heavy atom. The van der Waals surface area contributed by atoms with Crippen LogP contribution in [0.5, 0.6) is 17.2 Å². The van der Waals surface area contributed by atoms with Gasteiger partial charge in [-0.2, -0.15) is 0 Å². The third-order valence-corrected chi connectivity index (χ3v) is 7.78. The third-order valence-electron chi connectivity index (χ3n) is 7.05. The molecule has 9 heteroatoms. The number of rotatable bonds is 11. The fraction of sp³-hybridized carbons (Fsp3) is 0.242. The van der Waals surface area contributed by atoms with Crippen LogP contribution >= 0.6 is 23.2 Å². The van der Waals surface area contributed by atoms with Gasteiger partial charge in [0, 0.05) is 6.04 Å². The smallest absolute Gasteiger partial charge is 0.548 e. The second-order valence-corrected chi connectivity index (χ2v) is 10.7. The number of carbonyl (C=O) groups is 1. The number of ether oxygens (including phenoxy) is 3. The van der Waals surface area contributed by atoms with Gasteiger partial charge in [0.25, 0.3) is 0 Å². The molecule has 212 valence electrons. The van der Waals surface area contributed by atoms with E-state index in [1.807, 2.05) is 85.8 Å². The maximum Gasteiger partial charge on any atom is 1.00 e. The molecule has 5 rings (SSSR count). The van der Waals surface area contributed by atoms with E-state index in [2.05, 4.69) is 5.32 Å². The molecule has 0 spiro atoms. The summed E-state index contributed by atoms with van der Waals surface area (Å²) in [5.41, 5.74) is 3.74. The summed E-state index contributed by atoms with van der Waals surface area (Å²) in [7, 11) is 0. The van der Waals surface area contributed by atoms with E-state index in [1.165, 1.54) is 0 Å². The maximum atomic E-state index is 12.0. The standard InChI is InChI=1S/C33H31Cl2NO5.Na/c1-2-28(23-6-4-3-5-7-23)36-29(33(37)38)17-21-9-15-30-31(18-21)40-20-32(41-30)24-10-12-25(13-11-24)39-19-22-8-14-26(34)27(35)16-22;/h3-16,18,28-29,32,36H,2,17,19-20H2,1H3,(H,37,38);/q;+1/p-1/t28-,29-,32+;/m0./s1. The fourth-order valence-corrected chi connectivity index (χ4v) is 5.13. The van der Waals surface area contributed by atoms with Crippen LogP contribution in [0.25, 0.3) is 0 Å². The molecule has 1 aliphatic rings. The van der Waals surface area contributed by atoms with Gasteiger partial charge in [0.15, 0.2) is 17.6 Å². The van der Waals surface area contributed by atoms with E-state index in [4.69, 9.17) is 37.4 Å². The van der Waals surface area contributed by atoms with Gasteiger partial charge in [-0.15, -0.1) is 0 Å². The molecule has 0 bridgehead atoms. The Morgan fingerprint density at radius 1 is 0.952 bits per heavy atom. The van der Waals surface area contributed by atoms with Gasteiger partial charge in [0.1, 0.15) is 19.0 Å². The van der Waals surface area contributed by atoms with Gasteiger partial charge < -0.3 is 29.4 Å². The van der Waals surface area contributed by atoms with Crippen LogP contribution in [0, 0.1) is 0 Å². The molecule has 3 atom stereocenters. The fourth-order valence-electron chi connectivity index (χ4n) is 4.81. The van der Waals surface area contributed by atoms with Crippen LogP contribution in [-0.4, -0.2) is 18.6 Å². The Morgan fingerprint density at radius 3 is 2.38 bits per heavy atom. The zero-order chi connectivity index (χ0) is 28.8. The molecular weight excluding hydrogens is 584 g/mol. The van der Waals surface area contributed by atoms with Crippen LogP contribution in [0.1, 0.15) is 47.7 Å². The summed E-state index contributed by atoms with van der Waals surface area (Å²) < 4.78 is 18.1. The van der Waals surface area contributed by atoms with Gasteiger partial charge >= 0.3 is 29.6 Å². The normalized spacial score (nSPS) is 15.3. The number of carboxylic acid groups (broad SMARTS) is 1. The average molecular weight is 615 g/mol. The molecule has 0 saturated heterocycles. The predicted molar refractivity (Wildman–Crippen MR) is 158 cm³/mol. The minimum absolute atomic E-state index is 0. The van der Waals surface area contributed by atoms with E-state index in [9.17, 15) is 9.90 Å². The molecule has 1 N–H and O–H groups in total. The van der Waals surface area contributed by atoms with E-state index in [0.717, 1.165) is 34.4 Å². The minimum Gasteiger partial charge on any atom is -0.548 e. The number of halogens is 2. The monoisotopic (exact) mass is 613 g/mol. The molecule has 0 amide bonds. The first kappa shape index (κ1) is 32.2. The van der Waals surface area contributed by atoms with Crippen molar-refractivity contribution in [3.8, 4) is 17.2 Å². The van der Waals surface area contributed by atoms with Crippen molar-refractivity contribution in [1.29, 1.82) is 0 Å². The van der Waals surface area contributed by atoms with Crippen molar-refractivity contribution < 1.29 is 53.7 Å². The number of hydrogen-bond acceptors (Lipinski definition) is 6. The van der Waals surface area contributed by atoms with Gasteiger partial charge in [-0.3, -0.25) is 0 Å². The van der Waals surface area contributed by atoms with Crippen molar-refractivity contribution >= 4 is 29.2 Å². The van der Waals surface area contributed by atoms with Gasteiger partial charge in [0.2, 0.25) is 0 Å². The maximum absolute atomic E-state index is 12.0. The van der Waals surface area contributed by atoms with Gasteiger partial charge in [-0.1, -0.05) is 84.7 Å². The largest absolute Gasteiger partial charge is 1.00 e. The summed E-state index contributed by atoms with van der Waals surface area (Å²) in [6.45, 7) is 2.72. The van der Waals surface area contributed by atoms with E-state index in [-0.39, 0.29) is 48.1 Å². The van der Waals surface area contributed by atoms with Crippen molar-refractivity contribution in [3.63, 3.8) is 0 Å². The second-order valence-electron chi connectivity index (χ2n) is 9.92. The van der Waals surface area contributed by atoms with Crippen LogP contribution in [0.4, 0.5) is 0 Å². The van der Waals surface area contributed by atoms with Crippen molar-refractivity contribution in [2.45, 2.75) is 44.6 Å². The van der Waals surface area contributed by atoms with Crippen LogP contribution in [0.3, 0.4) is 0 Å². The number of fused-ring (bicyclic) bond motifs is 1. The third kappa shape index (κ3) is 8.22. The van der Waals surface area contributed by atoms with E-state index >= 15 is 0 Å². The molecule has 0 unspecified atom stereocenters. The average Bonchev–Trinajstić information content (AvgIpc) is 3.00. The first-order valence-electron chi connectivity index (χ1n) is 13.5. The SMILES string of the molecule is CC[C@H](N[C@@H](Cc1ccc2c(c1)OC[C@H](c1ccc(OCc3ccc(Cl)c(Cl)c3)cc1)O2)C(=O)[O-])c1ccccc1.[Na+]. The predicted octanol–water partition coefficient (Wildman–Crippen LogP) is 3.49. The van der Waals surface area contributed by atoms with Gasteiger partial charge in [0.05, 0.1) is 22.1 Å². The molecule has 0 aliphatic carbocycles. The molecular formula is C33H30Cl2NNaO5. The number of aliphatic carboxylic acids is 1. The molecule has 4 aromatic rings. The summed E-state index contributed by atoms with van der Waals surface area (Å²) in [4.78, 5) is 12.0.